The highest BCUT2D eigenvalue weighted by atomic mass is 16.5. The number of methoxy groups -OCH3 is 1. The molecule has 1 aliphatic heterocycles. The fourth-order valence-corrected chi connectivity index (χ4v) is 2.59. The van der Waals surface area contributed by atoms with E-state index in [1.54, 1.807) is 18.5 Å². The van der Waals surface area contributed by atoms with Crippen molar-refractivity contribution in [2.45, 2.75) is 12.8 Å². The zero-order chi connectivity index (χ0) is 15.4. The lowest BCUT2D eigenvalue weighted by Crippen LogP contribution is -2.19. The maximum Gasteiger partial charge on any atom is 0.337 e. The normalized spacial score (nSPS) is 14.0. The summed E-state index contributed by atoms with van der Waals surface area (Å²) in [7, 11) is 1.39. The lowest BCUT2D eigenvalue weighted by molar-refractivity contribution is 0.0601. The number of hydrogen-bond acceptors (Lipinski definition) is 5. The lowest BCUT2D eigenvalue weighted by Gasteiger charge is -2.21. The van der Waals surface area contributed by atoms with Gasteiger partial charge < -0.3 is 14.4 Å². The molecule has 0 bridgehead atoms. The van der Waals surface area contributed by atoms with Gasteiger partial charge in [0.25, 0.3) is 0 Å². The Bertz CT molecular complexity index is 652. The third kappa shape index (κ3) is 3.03. The van der Waals surface area contributed by atoms with E-state index in [1.165, 1.54) is 7.11 Å². The second kappa shape index (κ2) is 6.47. The van der Waals surface area contributed by atoms with Crippen LogP contribution in [0.2, 0.25) is 0 Å². The monoisotopic (exact) mass is 298 g/mol. The zero-order valence-corrected chi connectivity index (χ0v) is 12.5. The molecule has 0 atom stereocenters. The summed E-state index contributed by atoms with van der Waals surface area (Å²) < 4.78 is 10.7. The van der Waals surface area contributed by atoms with Gasteiger partial charge in [0, 0.05) is 19.3 Å². The van der Waals surface area contributed by atoms with Crippen LogP contribution in [0, 0.1) is 0 Å². The average Bonchev–Trinajstić information content (AvgIpc) is 3.10. The molecule has 0 saturated carbocycles. The Morgan fingerprint density at radius 2 is 2.05 bits per heavy atom. The van der Waals surface area contributed by atoms with Crippen molar-refractivity contribution in [2.24, 2.45) is 0 Å². The molecule has 1 aliphatic rings. The number of ether oxygens (including phenoxy) is 2. The number of nitrogens with zero attached hydrogens (tertiary/aromatic N) is 2. The van der Waals surface area contributed by atoms with Gasteiger partial charge in [-0.2, -0.15) is 0 Å². The van der Waals surface area contributed by atoms with Gasteiger partial charge in [0.05, 0.1) is 24.6 Å². The molecule has 0 spiro atoms. The fraction of sp³-hybridized carbons (Fsp3) is 0.294. The largest absolute Gasteiger partial charge is 0.465 e. The second-order valence-electron chi connectivity index (χ2n) is 5.16. The first-order chi connectivity index (χ1) is 10.8. The quantitative estimate of drug-likeness (QED) is 0.811. The number of pyridine rings is 1. The van der Waals surface area contributed by atoms with Crippen LogP contribution in [0.15, 0.2) is 42.7 Å². The Morgan fingerprint density at radius 3 is 2.73 bits per heavy atom. The smallest absolute Gasteiger partial charge is 0.337 e. The predicted octanol–water partition coefficient (Wildman–Crippen LogP) is 3.26. The van der Waals surface area contributed by atoms with Crippen molar-refractivity contribution < 1.29 is 14.3 Å². The Morgan fingerprint density at radius 1 is 1.23 bits per heavy atom. The average molecular weight is 298 g/mol. The van der Waals surface area contributed by atoms with Crippen molar-refractivity contribution in [1.82, 2.24) is 4.98 Å². The highest BCUT2D eigenvalue weighted by Crippen LogP contribution is 2.35. The molecular formula is C17H18N2O3. The number of aromatic nitrogens is 1. The van der Waals surface area contributed by atoms with Crippen LogP contribution < -0.4 is 9.64 Å². The van der Waals surface area contributed by atoms with E-state index in [0.29, 0.717) is 11.3 Å². The van der Waals surface area contributed by atoms with Gasteiger partial charge in [-0.15, -0.1) is 0 Å². The molecule has 0 unspecified atom stereocenters. The standard InChI is InChI=1S/C17H18N2O3/c1-21-17(20)13-6-7-16(22-14-5-4-8-18-12-14)15(11-13)19-9-2-3-10-19/h4-8,11-12H,2-3,9-10H2,1H3. The van der Waals surface area contributed by atoms with Crippen LogP contribution in [-0.4, -0.2) is 31.2 Å². The van der Waals surface area contributed by atoms with Gasteiger partial charge >= 0.3 is 5.97 Å². The first-order valence-corrected chi connectivity index (χ1v) is 7.33. The molecule has 1 fully saturated rings. The summed E-state index contributed by atoms with van der Waals surface area (Å²) in [4.78, 5) is 18.0. The van der Waals surface area contributed by atoms with E-state index in [-0.39, 0.29) is 5.97 Å². The summed E-state index contributed by atoms with van der Waals surface area (Å²) >= 11 is 0. The number of hydrogen-bond donors (Lipinski definition) is 0. The number of carbonyl (C=O) groups excluding carboxylic acids is 1. The minimum atomic E-state index is -0.339. The molecule has 5 nitrogen and oxygen atoms in total. The highest BCUT2D eigenvalue weighted by Gasteiger charge is 2.19. The van der Waals surface area contributed by atoms with Gasteiger partial charge in [0.2, 0.25) is 0 Å². The summed E-state index contributed by atoms with van der Waals surface area (Å²) in [6, 6.07) is 9.05. The topological polar surface area (TPSA) is 51.7 Å². The molecule has 1 saturated heterocycles. The molecule has 2 heterocycles. The summed E-state index contributed by atoms with van der Waals surface area (Å²) in [5.74, 6) is 1.06. The van der Waals surface area contributed by atoms with Crippen LogP contribution in [0.25, 0.3) is 0 Å². The maximum atomic E-state index is 11.8. The number of rotatable bonds is 4. The molecule has 1 aromatic carbocycles. The van der Waals surface area contributed by atoms with Gasteiger partial charge in [-0.25, -0.2) is 4.79 Å². The molecule has 0 aliphatic carbocycles. The van der Waals surface area contributed by atoms with Crippen LogP contribution in [0.3, 0.4) is 0 Å². The van der Waals surface area contributed by atoms with E-state index >= 15 is 0 Å². The van der Waals surface area contributed by atoms with Crippen molar-refractivity contribution in [1.29, 1.82) is 0 Å². The first-order valence-electron chi connectivity index (χ1n) is 7.33. The van der Waals surface area contributed by atoms with E-state index in [9.17, 15) is 4.79 Å². The van der Waals surface area contributed by atoms with Crippen LogP contribution in [-0.2, 0) is 4.74 Å². The Kier molecular flexibility index (Phi) is 4.23. The van der Waals surface area contributed by atoms with Crippen molar-refractivity contribution >= 4 is 11.7 Å². The highest BCUT2D eigenvalue weighted by molar-refractivity contribution is 5.91. The van der Waals surface area contributed by atoms with Crippen LogP contribution in [0.4, 0.5) is 5.69 Å². The number of esters is 1. The molecule has 0 amide bonds. The third-order valence-corrected chi connectivity index (χ3v) is 3.69. The second-order valence-corrected chi connectivity index (χ2v) is 5.16. The van der Waals surface area contributed by atoms with E-state index in [0.717, 1.165) is 37.4 Å². The van der Waals surface area contributed by atoms with E-state index in [2.05, 4.69) is 9.88 Å². The molecule has 5 heteroatoms. The molecule has 22 heavy (non-hydrogen) atoms. The summed E-state index contributed by atoms with van der Waals surface area (Å²) in [5.41, 5.74) is 1.45. The van der Waals surface area contributed by atoms with Crippen molar-refractivity contribution in [3.8, 4) is 11.5 Å². The molecule has 0 radical (unpaired) electrons. The minimum absolute atomic E-state index is 0.339. The van der Waals surface area contributed by atoms with Crippen LogP contribution in [0.1, 0.15) is 23.2 Å². The van der Waals surface area contributed by atoms with E-state index in [1.807, 2.05) is 24.3 Å². The lowest BCUT2D eigenvalue weighted by atomic mass is 10.1. The minimum Gasteiger partial charge on any atom is -0.465 e. The van der Waals surface area contributed by atoms with Gasteiger partial charge in [-0.1, -0.05) is 0 Å². The Balaban J connectivity index is 1.95. The number of benzene rings is 1. The third-order valence-electron chi connectivity index (χ3n) is 3.69. The van der Waals surface area contributed by atoms with Gasteiger partial charge in [-0.3, -0.25) is 4.98 Å². The summed E-state index contributed by atoms with van der Waals surface area (Å²) in [5, 5.41) is 0. The van der Waals surface area contributed by atoms with Crippen LogP contribution in [0.5, 0.6) is 11.5 Å². The van der Waals surface area contributed by atoms with Crippen LogP contribution >= 0.6 is 0 Å². The predicted molar refractivity (Wildman–Crippen MR) is 83.5 cm³/mol. The number of carbonyl (C=O) groups is 1. The molecule has 2 aromatic rings. The fourth-order valence-electron chi connectivity index (χ4n) is 2.59. The Labute approximate surface area is 129 Å². The summed E-state index contributed by atoms with van der Waals surface area (Å²) in [6.45, 7) is 1.93. The summed E-state index contributed by atoms with van der Waals surface area (Å²) in [6.07, 6.45) is 5.67. The zero-order valence-electron chi connectivity index (χ0n) is 12.5. The maximum absolute atomic E-state index is 11.8. The van der Waals surface area contributed by atoms with Crippen molar-refractivity contribution in [3.05, 3.63) is 48.3 Å². The SMILES string of the molecule is COC(=O)c1ccc(Oc2cccnc2)c(N2CCCC2)c1. The van der Waals surface area contributed by atoms with Gasteiger partial charge in [0.15, 0.2) is 5.75 Å². The van der Waals surface area contributed by atoms with Gasteiger partial charge in [0.1, 0.15) is 5.75 Å². The first kappa shape index (κ1) is 14.4. The van der Waals surface area contributed by atoms with Gasteiger partial charge in [-0.05, 0) is 43.2 Å². The Hall–Kier alpha value is -2.56. The molecular weight excluding hydrogens is 280 g/mol. The van der Waals surface area contributed by atoms with Crippen molar-refractivity contribution in [2.75, 3.05) is 25.1 Å². The van der Waals surface area contributed by atoms with Crippen molar-refractivity contribution in [3.63, 3.8) is 0 Å². The molecule has 114 valence electrons. The van der Waals surface area contributed by atoms with E-state index < -0.39 is 0 Å². The molecule has 1 aromatic heterocycles. The molecule has 3 rings (SSSR count). The molecule has 0 N–H and O–H groups in total. The number of anilines is 1. The van der Waals surface area contributed by atoms with E-state index in [4.69, 9.17) is 9.47 Å².